The molecule has 3 heteroatoms. The lowest BCUT2D eigenvalue weighted by atomic mass is 10.0. The fourth-order valence-corrected chi connectivity index (χ4v) is 3.84. The summed E-state index contributed by atoms with van der Waals surface area (Å²) >= 11 is 0. The fraction of sp³-hybridized carbons (Fsp3) is 0.250. The van der Waals surface area contributed by atoms with Crippen molar-refractivity contribution >= 4 is 12.2 Å². The van der Waals surface area contributed by atoms with Gasteiger partial charge in [-0.15, -0.1) is 0 Å². The third-order valence-corrected chi connectivity index (χ3v) is 5.47. The Hall–Kier alpha value is -4.08. The summed E-state index contributed by atoms with van der Waals surface area (Å²) in [7, 11) is 0. The Labute approximate surface area is 209 Å². The Balaban J connectivity index is 1.79. The number of allylic oxidation sites excluding steroid dienone is 6. The van der Waals surface area contributed by atoms with Crippen molar-refractivity contribution in [1.29, 1.82) is 10.5 Å². The van der Waals surface area contributed by atoms with Gasteiger partial charge in [0.05, 0.1) is 0 Å². The van der Waals surface area contributed by atoms with E-state index in [2.05, 4.69) is 76.2 Å². The van der Waals surface area contributed by atoms with Crippen molar-refractivity contribution in [2.45, 2.75) is 40.5 Å². The van der Waals surface area contributed by atoms with Gasteiger partial charge in [-0.2, -0.15) is 10.5 Å². The zero-order valence-electron chi connectivity index (χ0n) is 21.0. The molecule has 0 radical (unpaired) electrons. The number of benzene rings is 2. The largest absolute Gasteiger partial charge is 0.457 e. The van der Waals surface area contributed by atoms with E-state index >= 15 is 0 Å². The monoisotopic (exact) mass is 460 g/mol. The predicted molar refractivity (Wildman–Crippen MR) is 144 cm³/mol. The first-order valence-corrected chi connectivity index (χ1v) is 12.1. The van der Waals surface area contributed by atoms with E-state index in [-0.39, 0.29) is 5.57 Å². The van der Waals surface area contributed by atoms with Crippen LogP contribution in [0.3, 0.4) is 0 Å². The molecule has 2 aromatic rings. The highest BCUT2D eigenvalue weighted by molar-refractivity contribution is 5.60. The average Bonchev–Trinajstić information content (AvgIpc) is 2.83. The summed E-state index contributed by atoms with van der Waals surface area (Å²) in [5.74, 6) is 2.38. The molecule has 176 valence electrons. The van der Waals surface area contributed by atoms with Crippen LogP contribution >= 0.6 is 0 Å². The van der Waals surface area contributed by atoms with E-state index in [4.69, 9.17) is 4.74 Å². The highest BCUT2D eigenvalue weighted by Gasteiger charge is 2.12. The Bertz CT molecular complexity index is 1160. The molecule has 0 atom stereocenters. The van der Waals surface area contributed by atoms with Crippen LogP contribution in [0.25, 0.3) is 12.2 Å². The van der Waals surface area contributed by atoms with Gasteiger partial charge in [0.25, 0.3) is 0 Å². The zero-order valence-corrected chi connectivity index (χ0v) is 21.0. The predicted octanol–water partition coefficient (Wildman–Crippen LogP) is 7.95. The minimum atomic E-state index is 0.0566. The van der Waals surface area contributed by atoms with Crippen molar-refractivity contribution in [2.75, 3.05) is 0 Å². The highest BCUT2D eigenvalue weighted by Crippen LogP contribution is 2.25. The molecule has 1 aliphatic rings. The molecule has 0 amide bonds. The van der Waals surface area contributed by atoms with Gasteiger partial charge < -0.3 is 4.74 Å². The number of nitrogens with zero attached hydrogens (tertiary/aromatic N) is 2. The summed E-state index contributed by atoms with van der Waals surface area (Å²) in [5, 5.41) is 18.8. The molecule has 0 unspecified atom stereocenters. The Morgan fingerprint density at radius 3 is 1.43 bits per heavy atom. The van der Waals surface area contributed by atoms with Crippen LogP contribution in [0, 0.1) is 34.5 Å². The van der Waals surface area contributed by atoms with Crippen molar-refractivity contribution in [3.8, 4) is 12.1 Å². The number of nitriles is 2. The standard InChI is InChI=1S/C32H32N2O/c1-23(2)17-27-9-5-25(6-10-27)13-15-31-19-29(30(21-33)22-34)20-32(35-31)16-14-26-7-11-28(12-8-26)18-24(3)4/h5-16,19-20,23-24H,17-18H2,1-4H3/b15-13+,16-14+. The Kier molecular flexibility index (Phi) is 9.05. The first-order chi connectivity index (χ1) is 16.9. The van der Waals surface area contributed by atoms with Gasteiger partial charge in [0.2, 0.25) is 0 Å². The molecule has 0 bridgehead atoms. The van der Waals surface area contributed by atoms with Crippen molar-refractivity contribution < 1.29 is 4.74 Å². The molecule has 0 saturated carbocycles. The van der Waals surface area contributed by atoms with Crippen LogP contribution in [0.2, 0.25) is 0 Å². The molecule has 0 spiro atoms. The lowest BCUT2D eigenvalue weighted by Crippen LogP contribution is -1.98. The molecule has 0 aromatic heterocycles. The Morgan fingerprint density at radius 1 is 0.686 bits per heavy atom. The van der Waals surface area contributed by atoms with Crippen LogP contribution in [0.4, 0.5) is 0 Å². The van der Waals surface area contributed by atoms with E-state index in [1.165, 1.54) is 11.1 Å². The van der Waals surface area contributed by atoms with Crippen LogP contribution in [0.15, 0.2) is 95.5 Å². The molecule has 0 saturated heterocycles. The van der Waals surface area contributed by atoms with E-state index in [1.807, 2.05) is 36.4 Å². The van der Waals surface area contributed by atoms with Gasteiger partial charge in [0.1, 0.15) is 29.2 Å². The van der Waals surface area contributed by atoms with Gasteiger partial charge in [-0.3, -0.25) is 0 Å². The van der Waals surface area contributed by atoms with Crippen molar-refractivity contribution in [2.24, 2.45) is 11.8 Å². The number of hydrogen-bond acceptors (Lipinski definition) is 3. The molecule has 1 aliphatic heterocycles. The smallest absolute Gasteiger partial charge is 0.137 e. The maximum Gasteiger partial charge on any atom is 0.137 e. The van der Waals surface area contributed by atoms with Crippen LogP contribution in [0.1, 0.15) is 49.9 Å². The summed E-state index contributed by atoms with van der Waals surface area (Å²) in [6.07, 6.45) is 13.2. The first kappa shape index (κ1) is 25.5. The topological polar surface area (TPSA) is 56.8 Å². The molecule has 35 heavy (non-hydrogen) atoms. The lowest BCUT2D eigenvalue weighted by molar-refractivity contribution is 0.332. The average molecular weight is 461 g/mol. The van der Waals surface area contributed by atoms with Crippen LogP contribution in [-0.4, -0.2) is 0 Å². The van der Waals surface area contributed by atoms with Crippen LogP contribution < -0.4 is 0 Å². The lowest BCUT2D eigenvalue weighted by Gasteiger charge is -2.14. The third kappa shape index (κ3) is 8.02. The van der Waals surface area contributed by atoms with E-state index in [0.717, 1.165) is 24.0 Å². The van der Waals surface area contributed by atoms with Gasteiger partial charge in [-0.1, -0.05) is 88.4 Å². The molecule has 0 aliphatic carbocycles. The van der Waals surface area contributed by atoms with E-state index in [9.17, 15) is 10.5 Å². The fourth-order valence-electron chi connectivity index (χ4n) is 3.84. The molecule has 3 nitrogen and oxygen atoms in total. The summed E-state index contributed by atoms with van der Waals surface area (Å²) in [5.41, 5.74) is 5.34. The summed E-state index contributed by atoms with van der Waals surface area (Å²) < 4.78 is 6.05. The van der Waals surface area contributed by atoms with Gasteiger partial charge in [0, 0.05) is 5.57 Å². The molecule has 2 aromatic carbocycles. The van der Waals surface area contributed by atoms with E-state index in [1.54, 1.807) is 12.2 Å². The Morgan fingerprint density at radius 2 is 1.09 bits per heavy atom. The van der Waals surface area contributed by atoms with Gasteiger partial charge in [-0.05, 0) is 71.2 Å². The summed E-state index contributed by atoms with van der Waals surface area (Å²) in [6, 6.07) is 20.9. The third-order valence-electron chi connectivity index (χ3n) is 5.47. The quantitative estimate of drug-likeness (QED) is 0.376. The number of rotatable bonds is 8. The van der Waals surface area contributed by atoms with Crippen LogP contribution in [-0.2, 0) is 17.6 Å². The van der Waals surface area contributed by atoms with Gasteiger partial charge >= 0.3 is 0 Å². The van der Waals surface area contributed by atoms with Crippen molar-refractivity contribution in [1.82, 2.24) is 0 Å². The minimum absolute atomic E-state index is 0.0566. The molecular weight excluding hydrogens is 428 g/mol. The maximum absolute atomic E-state index is 9.38. The molecule has 0 N–H and O–H groups in total. The summed E-state index contributed by atoms with van der Waals surface area (Å²) in [6.45, 7) is 8.85. The second kappa shape index (κ2) is 12.4. The number of hydrogen-bond donors (Lipinski definition) is 0. The van der Waals surface area contributed by atoms with E-state index < -0.39 is 0 Å². The van der Waals surface area contributed by atoms with Gasteiger partial charge in [-0.25, -0.2) is 0 Å². The first-order valence-electron chi connectivity index (χ1n) is 12.1. The SMILES string of the molecule is CC(C)Cc1ccc(/C=C/C2=CC(=C(C#N)C#N)C=C(/C=C/c3ccc(CC(C)C)cc3)O2)cc1. The van der Waals surface area contributed by atoms with E-state index in [0.29, 0.717) is 28.9 Å². The molecule has 3 rings (SSSR count). The molecule has 0 fully saturated rings. The normalized spacial score (nSPS) is 13.5. The van der Waals surface area contributed by atoms with Crippen molar-refractivity contribution in [3.05, 3.63) is 118 Å². The summed E-state index contributed by atoms with van der Waals surface area (Å²) in [4.78, 5) is 0. The van der Waals surface area contributed by atoms with Crippen LogP contribution in [0.5, 0.6) is 0 Å². The zero-order chi connectivity index (χ0) is 25.2. The number of ether oxygens (including phenoxy) is 1. The second-order valence-electron chi connectivity index (χ2n) is 9.60. The highest BCUT2D eigenvalue weighted by atomic mass is 16.5. The van der Waals surface area contributed by atoms with Crippen molar-refractivity contribution in [3.63, 3.8) is 0 Å². The second-order valence-corrected chi connectivity index (χ2v) is 9.60. The minimum Gasteiger partial charge on any atom is -0.457 e. The molecular formula is C32H32N2O. The maximum atomic E-state index is 9.38. The molecule has 1 heterocycles. The van der Waals surface area contributed by atoms with Gasteiger partial charge in [0.15, 0.2) is 0 Å².